The smallest absolute Gasteiger partial charge is 0.141 e. The zero-order valence-corrected chi connectivity index (χ0v) is 10.5. The van der Waals surface area contributed by atoms with Crippen molar-refractivity contribution in [2.75, 3.05) is 7.11 Å². The predicted octanol–water partition coefficient (Wildman–Crippen LogP) is 2.86. The van der Waals surface area contributed by atoms with Gasteiger partial charge in [-0.2, -0.15) is 0 Å². The van der Waals surface area contributed by atoms with Gasteiger partial charge in [0.1, 0.15) is 5.75 Å². The molecule has 0 aliphatic heterocycles. The number of hydrogen-bond donors (Lipinski definition) is 1. The van der Waals surface area contributed by atoms with Gasteiger partial charge in [-0.25, -0.2) is 0 Å². The van der Waals surface area contributed by atoms with E-state index in [1.807, 2.05) is 13.8 Å². The first-order valence-corrected chi connectivity index (χ1v) is 5.43. The second-order valence-electron chi connectivity index (χ2n) is 4.02. The van der Waals surface area contributed by atoms with Crippen molar-refractivity contribution in [3.63, 3.8) is 0 Å². The number of rotatable bonds is 3. The van der Waals surface area contributed by atoms with E-state index in [4.69, 9.17) is 22.1 Å². The molecule has 3 heteroatoms. The molecule has 2 nitrogen and oxygen atoms in total. The van der Waals surface area contributed by atoms with Gasteiger partial charge in [0, 0.05) is 11.6 Å². The van der Waals surface area contributed by atoms with Crippen molar-refractivity contribution >= 4 is 11.6 Å². The SMILES string of the molecule is COc1c(Cl)c(C)cc(C)c1CC(C)N. The largest absolute Gasteiger partial charge is 0.495 e. The van der Waals surface area contributed by atoms with Crippen molar-refractivity contribution < 1.29 is 4.74 Å². The minimum absolute atomic E-state index is 0.108. The third-order valence-corrected chi connectivity index (χ3v) is 2.93. The summed E-state index contributed by atoms with van der Waals surface area (Å²) in [5.41, 5.74) is 9.15. The fraction of sp³-hybridized carbons (Fsp3) is 0.500. The normalized spacial score (nSPS) is 12.7. The number of hydrogen-bond acceptors (Lipinski definition) is 2. The standard InChI is InChI=1S/C12H18ClNO/c1-7-5-8(2)11(13)12(15-4)10(7)6-9(3)14/h5,9H,6,14H2,1-4H3. The Morgan fingerprint density at radius 2 is 2.00 bits per heavy atom. The molecular weight excluding hydrogens is 210 g/mol. The van der Waals surface area contributed by atoms with Crippen LogP contribution in [0, 0.1) is 13.8 Å². The quantitative estimate of drug-likeness (QED) is 0.862. The van der Waals surface area contributed by atoms with E-state index >= 15 is 0 Å². The van der Waals surface area contributed by atoms with Crippen molar-refractivity contribution in [2.45, 2.75) is 33.2 Å². The number of aryl methyl sites for hydroxylation is 2. The summed E-state index contributed by atoms with van der Waals surface area (Å²) in [6, 6.07) is 2.18. The Kier molecular flexibility index (Phi) is 4.00. The van der Waals surface area contributed by atoms with Crippen LogP contribution in [0.25, 0.3) is 0 Å². The van der Waals surface area contributed by atoms with E-state index in [2.05, 4.69) is 13.0 Å². The molecule has 0 aliphatic rings. The molecule has 0 heterocycles. The lowest BCUT2D eigenvalue weighted by molar-refractivity contribution is 0.407. The first kappa shape index (κ1) is 12.3. The summed E-state index contributed by atoms with van der Waals surface area (Å²) >= 11 is 6.19. The lowest BCUT2D eigenvalue weighted by Crippen LogP contribution is -2.19. The zero-order chi connectivity index (χ0) is 11.6. The van der Waals surface area contributed by atoms with E-state index in [0.29, 0.717) is 5.02 Å². The second kappa shape index (κ2) is 4.86. The van der Waals surface area contributed by atoms with E-state index in [1.54, 1.807) is 7.11 Å². The van der Waals surface area contributed by atoms with Gasteiger partial charge < -0.3 is 10.5 Å². The lowest BCUT2D eigenvalue weighted by atomic mass is 9.99. The summed E-state index contributed by atoms with van der Waals surface area (Å²) in [4.78, 5) is 0. The fourth-order valence-corrected chi connectivity index (χ4v) is 2.00. The first-order chi connectivity index (χ1) is 6.97. The molecule has 1 atom stereocenters. The fourth-order valence-electron chi connectivity index (χ4n) is 1.75. The van der Waals surface area contributed by atoms with Gasteiger partial charge in [0.25, 0.3) is 0 Å². The Labute approximate surface area is 96.4 Å². The molecule has 0 saturated heterocycles. The van der Waals surface area contributed by atoms with Gasteiger partial charge in [0.2, 0.25) is 0 Å². The van der Waals surface area contributed by atoms with Crippen LogP contribution in [-0.4, -0.2) is 13.2 Å². The van der Waals surface area contributed by atoms with Crippen LogP contribution in [0.3, 0.4) is 0 Å². The van der Waals surface area contributed by atoms with Gasteiger partial charge in [-0.15, -0.1) is 0 Å². The Hall–Kier alpha value is -0.730. The highest BCUT2D eigenvalue weighted by atomic mass is 35.5. The molecular formula is C12H18ClNO. The van der Waals surface area contributed by atoms with Gasteiger partial charge in [-0.1, -0.05) is 17.7 Å². The van der Waals surface area contributed by atoms with Crippen LogP contribution in [-0.2, 0) is 6.42 Å². The third-order valence-electron chi connectivity index (χ3n) is 2.46. The molecule has 0 aliphatic carbocycles. The van der Waals surface area contributed by atoms with Crippen molar-refractivity contribution in [3.8, 4) is 5.75 Å². The van der Waals surface area contributed by atoms with Gasteiger partial charge >= 0.3 is 0 Å². The van der Waals surface area contributed by atoms with Gasteiger partial charge in [0.15, 0.2) is 0 Å². The molecule has 84 valence electrons. The summed E-state index contributed by atoms with van der Waals surface area (Å²) in [5, 5.41) is 0.693. The highest BCUT2D eigenvalue weighted by molar-refractivity contribution is 6.33. The van der Waals surface area contributed by atoms with Crippen molar-refractivity contribution in [1.82, 2.24) is 0 Å². The van der Waals surface area contributed by atoms with Crippen LogP contribution in [0.2, 0.25) is 5.02 Å². The summed E-state index contributed by atoms with van der Waals surface area (Å²) < 4.78 is 5.35. The van der Waals surface area contributed by atoms with Crippen molar-refractivity contribution in [1.29, 1.82) is 0 Å². The predicted molar refractivity (Wildman–Crippen MR) is 64.8 cm³/mol. The number of halogens is 1. The molecule has 0 spiro atoms. The Morgan fingerprint density at radius 3 is 2.47 bits per heavy atom. The van der Waals surface area contributed by atoms with Crippen LogP contribution in [0.5, 0.6) is 5.75 Å². The van der Waals surface area contributed by atoms with Crippen LogP contribution in [0.15, 0.2) is 6.07 Å². The third kappa shape index (κ3) is 2.64. The molecule has 0 radical (unpaired) electrons. The summed E-state index contributed by atoms with van der Waals surface area (Å²) in [5.74, 6) is 0.770. The van der Waals surface area contributed by atoms with E-state index in [-0.39, 0.29) is 6.04 Å². The Bertz CT molecular complexity index is 361. The molecule has 1 aromatic rings. The Balaban J connectivity index is 3.29. The Morgan fingerprint density at radius 1 is 1.40 bits per heavy atom. The van der Waals surface area contributed by atoms with E-state index in [9.17, 15) is 0 Å². The molecule has 0 saturated carbocycles. The van der Waals surface area contributed by atoms with Crippen LogP contribution < -0.4 is 10.5 Å². The van der Waals surface area contributed by atoms with Crippen molar-refractivity contribution in [2.24, 2.45) is 5.73 Å². The van der Waals surface area contributed by atoms with Crippen molar-refractivity contribution in [3.05, 3.63) is 27.8 Å². The molecule has 15 heavy (non-hydrogen) atoms. The molecule has 0 aromatic heterocycles. The van der Waals surface area contributed by atoms with Gasteiger partial charge in [-0.05, 0) is 38.3 Å². The highest BCUT2D eigenvalue weighted by Crippen LogP contribution is 2.34. The maximum absolute atomic E-state index is 6.19. The second-order valence-corrected chi connectivity index (χ2v) is 4.40. The number of nitrogens with two attached hydrogens (primary N) is 1. The highest BCUT2D eigenvalue weighted by Gasteiger charge is 2.14. The van der Waals surface area contributed by atoms with Crippen LogP contribution in [0.4, 0.5) is 0 Å². The van der Waals surface area contributed by atoms with Gasteiger partial charge in [-0.3, -0.25) is 0 Å². The summed E-state index contributed by atoms with van der Waals surface area (Å²) in [6.45, 7) is 6.02. The topological polar surface area (TPSA) is 35.2 Å². The summed E-state index contributed by atoms with van der Waals surface area (Å²) in [6.07, 6.45) is 0.787. The monoisotopic (exact) mass is 227 g/mol. The first-order valence-electron chi connectivity index (χ1n) is 5.05. The molecule has 0 fully saturated rings. The zero-order valence-electron chi connectivity index (χ0n) is 9.73. The van der Waals surface area contributed by atoms with Crippen LogP contribution in [0.1, 0.15) is 23.6 Å². The molecule has 1 rings (SSSR count). The molecule has 0 amide bonds. The number of ether oxygens (including phenoxy) is 1. The average Bonchev–Trinajstić information content (AvgIpc) is 2.14. The molecule has 1 unspecified atom stereocenters. The number of benzene rings is 1. The van der Waals surface area contributed by atoms with Gasteiger partial charge in [0.05, 0.1) is 12.1 Å². The minimum atomic E-state index is 0.108. The molecule has 1 aromatic carbocycles. The minimum Gasteiger partial charge on any atom is -0.495 e. The lowest BCUT2D eigenvalue weighted by Gasteiger charge is -2.16. The van der Waals surface area contributed by atoms with E-state index in [0.717, 1.165) is 23.3 Å². The van der Waals surface area contributed by atoms with Crippen LogP contribution >= 0.6 is 11.6 Å². The number of methoxy groups -OCH3 is 1. The summed E-state index contributed by atoms with van der Waals surface area (Å²) in [7, 11) is 1.64. The van der Waals surface area contributed by atoms with E-state index in [1.165, 1.54) is 5.56 Å². The molecule has 0 bridgehead atoms. The van der Waals surface area contributed by atoms with E-state index < -0.39 is 0 Å². The maximum Gasteiger partial charge on any atom is 0.141 e. The maximum atomic E-state index is 6.19. The average molecular weight is 228 g/mol. The molecule has 2 N–H and O–H groups in total.